The third kappa shape index (κ3) is 2.97. The summed E-state index contributed by atoms with van der Waals surface area (Å²) in [7, 11) is 1.81. The number of aromatic nitrogens is 2. The van der Waals surface area contributed by atoms with Gasteiger partial charge in [0, 0.05) is 26.3 Å². The third-order valence-electron chi connectivity index (χ3n) is 3.04. The van der Waals surface area contributed by atoms with Gasteiger partial charge in [0.15, 0.2) is 0 Å². The van der Waals surface area contributed by atoms with Crippen molar-refractivity contribution < 1.29 is 9.90 Å². The van der Waals surface area contributed by atoms with E-state index in [2.05, 4.69) is 10.4 Å². The number of nitrogens with one attached hydrogen (secondary N) is 1. The third-order valence-corrected chi connectivity index (χ3v) is 3.04. The predicted molar refractivity (Wildman–Crippen MR) is 63.6 cm³/mol. The van der Waals surface area contributed by atoms with Gasteiger partial charge >= 0.3 is 0 Å². The van der Waals surface area contributed by atoms with Crippen LogP contribution in [0.2, 0.25) is 0 Å². The first kappa shape index (κ1) is 11.9. The van der Waals surface area contributed by atoms with Crippen molar-refractivity contribution in [3.8, 4) is 0 Å². The van der Waals surface area contributed by atoms with Crippen LogP contribution < -0.4 is 5.32 Å². The summed E-state index contributed by atoms with van der Waals surface area (Å²) in [5, 5.41) is 16.4. The highest BCUT2D eigenvalue weighted by atomic mass is 16.3. The van der Waals surface area contributed by atoms with Gasteiger partial charge in [-0.2, -0.15) is 5.10 Å². The Morgan fingerprint density at radius 2 is 2.29 bits per heavy atom. The quantitative estimate of drug-likeness (QED) is 0.772. The molecule has 1 aliphatic heterocycles. The van der Waals surface area contributed by atoms with Crippen LogP contribution in [0, 0.1) is 0 Å². The number of aliphatic hydroxyl groups is 1. The first-order valence-corrected chi connectivity index (χ1v) is 5.85. The van der Waals surface area contributed by atoms with Crippen LogP contribution in [0.25, 0.3) is 0 Å². The van der Waals surface area contributed by atoms with E-state index in [-0.39, 0.29) is 18.6 Å². The maximum Gasteiger partial charge on any atom is 0.244 e. The van der Waals surface area contributed by atoms with E-state index in [1.165, 1.54) is 0 Å². The Morgan fingerprint density at radius 1 is 1.59 bits per heavy atom. The fourth-order valence-electron chi connectivity index (χ4n) is 1.93. The predicted octanol–water partition coefficient (Wildman–Crippen LogP) is -0.0919. The highest BCUT2D eigenvalue weighted by Gasteiger charge is 2.21. The topological polar surface area (TPSA) is 70.4 Å². The van der Waals surface area contributed by atoms with Crippen molar-refractivity contribution in [3.63, 3.8) is 0 Å². The Morgan fingerprint density at radius 3 is 2.88 bits per heavy atom. The number of likely N-dealkylation sites (tertiary alicyclic amines) is 1. The average molecular weight is 238 g/mol. The van der Waals surface area contributed by atoms with Gasteiger partial charge in [0.2, 0.25) is 5.91 Å². The molecule has 1 saturated heterocycles. The Kier molecular flexibility index (Phi) is 3.63. The SMILES string of the molecule is CNc1cnn(CC(=O)N2CCC(O)CC2)c1. The summed E-state index contributed by atoms with van der Waals surface area (Å²) in [6, 6.07) is 0. The van der Waals surface area contributed by atoms with Crippen molar-refractivity contribution in [2.24, 2.45) is 0 Å². The van der Waals surface area contributed by atoms with Crippen LogP contribution in [0.3, 0.4) is 0 Å². The van der Waals surface area contributed by atoms with Gasteiger partial charge in [0.1, 0.15) is 6.54 Å². The molecule has 17 heavy (non-hydrogen) atoms. The van der Waals surface area contributed by atoms with E-state index >= 15 is 0 Å². The molecule has 0 saturated carbocycles. The first-order valence-electron chi connectivity index (χ1n) is 5.85. The number of hydrogen-bond acceptors (Lipinski definition) is 4. The van der Waals surface area contributed by atoms with Gasteiger partial charge in [-0.1, -0.05) is 0 Å². The molecule has 6 nitrogen and oxygen atoms in total. The molecule has 1 amide bonds. The summed E-state index contributed by atoms with van der Waals surface area (Å²) < 4.78 is 1.62. The summed E-state index contributed by atoms with van der Waals surface area (Å²) in [6.45, 7) is 1.54. The number of anilines is 1. The van der Waals surface area contributed by atoms with Gasteiger partial charge < -0.3 is 15.3 Å². The standard InChI is InChI=1S/C11H18N4O2/c1-12-9-6-13-15(7-9)8-11(17)14-4-2-10(16)3-5-14/h6-7,10,12,16H,2-5,8H2,1H3. The van der Waals surface area contributed by atoms with Crippen LogP contribution >= 0.6 is 0 Å². The molecule has 1 aliphatic rings. The Labute approximate surface area is 100 Å². The van der Waals surface area contributed by atoms with E-state index in [0.717, 1.165) is 5.69 Å². The van der Waals surface area contributed by atoms with E-state index in [1.807, 2.05) is 7.05 Å². The van der Waals surface area contributed by atoms with Crippen molar-refractivity contribution in [3.05, 3.63) is 12.4 Å². The maximum absolute atomic E-state index is 11.9. The number of piperidine rings is 1. The Balaban J connectivity index is 1.88. The lowest BCUT2D eigenvalue weighted by Crippen LogP contribution is -2.41. The second-order valence-electron chi connectivity index (χ2n) is 4.29. The summed E-state index contributed by atoms with van der Waals surface area (Å²) in [4.78, 5) is 13.7. The Bertz CT molecular complexity index is 383. The van der Waals surface area contributed by atoms with Gasteiger partial charge in [-0.15, -0.1) is 0 Å². The number of carbonyl (C=O) groups is 1. The smallest absolute Gasteiger partial charge is 0.244 e. The number of amides is 1. The fourth-order valence-corrected chi connectivity index (χ4v) is 1.93. The number of rotatable bonds is 3. The van der Waals surface area contributed by atoms with Crippen LogP contribution in [0.1, 0.15) is 12.8 Å². The van der Waals surface area contributed by atoms with Crippen LogP contribution in [0.15, 0.2) is 12.4 Å². The van der Waals surface area contributed by atoms with Crippen molar-refractivity contribution in [1.82, 2.24) is 14.7 Å². The van der Waals surface area contributed by atoms with E-state index in [1.54, 1.807) is 22.0 Å². The molecular formula is C11H18N4O2. The molecule has 0 radical (unpaired) electrons. The van der Waals surface area contributed by atoms with Crippen molar-refractivity contribution in [2.75, 3.05) is 25.5 Å². The zero-order chi connectivity index (χ0) is 12.3. The molecular weight excluding hydrogens is 220 g/mol. The average Bonchev–Trinajstić information content (AvgIpc) is 2.77. The van der Waals surface area contributed by atoms with Crippen LogP contribution in [-0.4, -0.2) is 51.9 Å². The zero-order valence-electron chi connectivity index (χ0n) is 9.96. The van der Waals surface area contributed by atoms with Crippen LogP contribution in [0.5, 0.6) is 0 Å². The summed E-state index contributed by atoms with van der Waals surface area (Å²) in [5.41, 5.74) is 0.895. The van der Waals surface area contributed by atoms with E-state index in [4.69, 9.17) is 0 Å². The first-order chi connectivity index (χ1) is 8.19. The molecule has 2 N–H and O–H groups in total. The fraction of sp³-hybridized carbons (Fsp3) is 0.636. The lowest BCUT2D eigenvalue weighted by molar-refractivity contribution is -0.134. The molecule has 1 aromatic heterocycles. The molecule has 94 valence electrons. The highest BCUT2D eigenvalue weighted by molar-refractivity contribution is 5.76. The highest BCUT2D eigenvalue weighted by Crippen LogP contribution is 2.11. The van der Waals surface area contributed by atoms with Gasteiger partial charge in [-0.3, -0.25) is 9.48 Å². The monoisotopic (exact) mass is 238 g/mol. The molecule has 1 fully saturated rings. The second kappa shape index (κ2) is 5.18. The van der Waals surface area contributed by atoms with Gasteiger partial charge in [-0.05, 0) is 12.8 Å². The molecule has 0 aliphatic carbocycles. The van der Waals surface area contributed by atoms with Gasteiger partial charge in [0.05, 0.1) is 18.0 Å². The van der Waals surface area contributed by atoms with Crippen LogP contribution in [0.4, 0.5) is 5.69 Å². The number of hydrogen-bond donors (Lipinski definition) is 2. The molecule has 0 unspecified atom stereocenters. The lowest BCUT2D eigenvalue weighted by Gasteiger charge is -2.29. The molecule has 2 rings (SSSR count). The second-order valence-corrected chi connectivity index (χ2v) is 4.29. The summed E-state index contributed by atoms with van der Waals surface area (Å²) in [6.07, 6.45) is 4.59. The molecule has 1 aromatic rings. The summed E-state index contributed by atoms with van der Waals surface area (Å²) >= 11 is 0. The zero-order valence-corrected chi connectivity index (χ0v) is 9.96. The normalized spacial score (nSPS) is 17.2. The van der Waals surface area contributed by atoms with Gasteiger partial charge in [0.25, 0.3) is 0 Å². The molecule has 0 bridgehead atoms. The number of nitrogens with zero attached hydrogens (tertiary/aromatic N) is 3. The van der Waals surface area contributed by atoms with Crippen molar-refractivity contribution in [1.29, 1.82) is 0 Å². The molecule has 0 atom stereocenters. The van der Waals surface area contributed by atoms with E-state index in [0.29, 0.717) is 25.9 Å². The number of aliphatic hydroxyl groups excluding tert-OH is 1. The largest absolute Gasteiger partial charge is 0.393 e. The lowest BCUT2D eigenvalue weighted by atomic mass is 10.1. The minimum Gasteiger partial charge on any atom is -0.393 e. The molecule has 6 heteroatoms. The van der Waals surface area contributed by atoms with Crippen LogP contribution in [-0.2, 0) is 11.3 Å². The minimum absolute atomic E-state index is 0.0580. The number of carbonyl (C=O) groups excluding carboxylic acids is 1. The Hall–Kier alpha value is -1.56. The molecule has 0 aromatic carbocycles. The van der Waals surface area contributed by atoms with Gasteiger partial charge in [-0.25, -0.2) is 0 Å². The maximum atomic E-state index is 11.9. The van der Waals surface area contributed by atoms with Crippen molar-refractivity contribution >= 4 is 11.6 Å². The molecule has 2 heterocycles. The summed E-state index contributed by atoms with van der Waals surface area (Å²) in [5.74, 6) is 0.0580. The van der Waals surface area contributed by atoms with E-state index < -0.39 is 0 Å². The van der Waals surface area contributed by atoms with E-state index in [9.17, 15) is 9.90 Å². The minimum atomic E-state index is -0.250. The molecule has 0 spiro atoms. The van der Waals surface area contributed by atoms with Crippen molar-refractivity contribution in [2.45, 2.75) is 25.5 Å².